The number of alkyl halides is 13. The molecule has 0 aromatic heterocycles. The van der Waals surface area contributed by atoms with E-state index in [-0.39, 0.29) is 0 Å². The summed E-state index contributed by atoms with van der Waals surface area (Å²) in [7, 11) is -7.50. The molecule has 0 aliphatic heterocycles. The van der Waals surface area contributed by atoms with Gasteiger partial charge >= 0.3 is 45.2 Å². The molecule has 0 fully saturated rings. The van der Waals surface area contributed by atoms with E-state index in [1.807, 2.05) is 0 Å². The lowest BCUT2D eigenvalue weighted by molar-refractivity contribution is -0.420. The second-order valence-electron chi connectivity index (χ2n) is 4.17. The van der Waals surface area contributed by atoms with Gasteiger partial charge in [0.1, 0.15) is 0 Å². The van der Waals surface area contributed by atoms with Gasteiger partial charge in [0.05, 0.1) is 6.61 Å². The van der Waals surface area contributed by atoms with E-state index in [4.69, 9.17) is 0 Å². The molecule has 0 rings (SSSR count). The number of rotatable bonds is 6. The molecule has 1 unspecified atom stereocenters. The summed E-state index contributed by atoms with van der Waals surface area (Å²) >= 11 is 0. The lowest BCUT2D eigenvalue weighted by Crippen LogP contribution is -2.73. The topological polar surface area (TPSA) is 43.4 Å². The molecule has 17 heteroatoms. The van der Waals surface area contributed by atoms with Gasteiger partial charge in [0, 0.05) is 0 Å². The molecule has 0 heterocycles. The Kier molecular flexibility index (Phi) is 5.78. The minimum absolute atomic E-state index is 0.439. The van der Waals surface area contributed by atoms with E-state index in [1.165, 1.54) is 0 Å². The summed E-state index contributed by atoms with van der Waals surface area (Å²) in [5, 5.41) is -7.62. The van der Waals surface area contributed by atoms with E-state index in [9.17, 15) is 65.5 Å². The first-order valence-corrected chi connectivity index (χ1v) is 6.81. The fourth-order valence-corrected chi connectivity index (χ4v) is 2.49. The van der Waals surface area contributed by atoms with Gasteiger partial charge < -0.3 is 0 Å². The summed E-state index contributed by atoms with van der Waals surface area (Å²) < 4.78 is 189. The Labute approximate surface area is 129 Å². The van der Waals surface area contributed by atoms with Crippen molar-refractivity contribution in [3.05, 3.63) is 0 Å². The van der Waals surface area contributed by atoms with Gasteiger partial charge in [0.15, 0.2) is 0 Å². The van der Waals surface area contributed by atoms with Crippen molar-refractivity contribution in [2.24, 2.45) is 0 Å². The zero-order valence-electron chi connectivity index (χ0n) is 11.3. The largest absolute Gasteiger partial charge is 0.460 e. The third-order valence-electron chi connectivity index (χ3n) is 2.53. The van der Waals surface area contributed by atoms with Crippen LogP contribution in [0.2, 0.25) is 0 Å². The van der Waals surface area contributed by atoms with Crippen molar-refractivity contribution in [2.45, 2.75) is 42.0 Å². The van der Waals surface area contributed by atoms with E-state index in [0.29, 0.717) is 6.92 Å². The number of hydrogen-bond acceptors (Lipinski definition) is 3. The quantitative estimate of drug-likeness (QED) is 0.474. The highest BCUT2D eigenvalue weighted by molar-refractivity contribution is 7.88. The zero-order chi connectivity index (χ0) is 20.9. The summed E-state index contributed by atoms with van der Waals surface area (Å²) in [4.78, 5) is 0. The average Bonchev–Trinajstić information content (AvgIpc) is 2.33. The van der Waals surface area contributed by atoms with E-state index in [2.05, 4.69) is 4.18 Å². The van der Waals surface area contributed by atoms with E-state index < -0.39 is 51.8 Å². The lowest BCUT2D eigenvalue weighted by Gasteiger charge is -2.40. The van der Waals surface area contributed by atoms with Crippen molar-refractivity contribution in [2.75, 3.05) is 6.61 Å². The minimum Gasteiger partial charge on any atom is -0.267 e. The van der Waals surface area contributed by atoms with Crippen LogP contribution in [0.5, 0.6) is 0 Å². The van der Waals surface area contributed by atoms with Gasteiger partial charge in [-0.05, 0) is 6.92 Å². The molecule has 152 valence electrons. The highest BCUT2D eigenvalue weighted by atomic mass is 32.2. The van der Waals surface area contributed by atoms with Crippen LogP contribution in [-0.4, -0.2) is 50.1 Å². The second-order valence-corrected chi connectivity index (χ2v) is 5.88. The van der Waals surface area contributed by atoms with Crippen LogP contribution in [0.3, 0.4) is 0 Å². The molecule has 0 saturated carbocycles. The Bertz CT molecular complexity index is 589. The molecule has 0 radical (unpaired) electrons. The molecule has 0 aromatic carbocycles. The van der Waals surface area contributed by atoms with Gasteiger partial charge in [-0.2, -0.15) is 61.1 Å². The van der Waals surface area contributed by atoms with Crippen molar-refractivity contribution in [3.8, 4) is 0 Å². The molecule has 0 N–H and O–H groups in total. The van der Waals surface area contributed by atoms with Crippen LogP contribution in [-0.2, 0) is 14.3 Å². The fraction of sp³-hybridized carbons (Fsp3) is 1.00. The van der Waals surface area contributed by atoms with Crippen molar-refractivity contribution in [1.82, 2.24) is 0 Å². The Morgan fingerprint density at radius 2 is 1.00 bits per heavy atom. The fourth-order valence-electron chi connectivity index (χ4n) is 1.29. The Balaban J connectivity index is 6.87. The molecule has 0 aromatic rings. The highest BCUT2D eigenvalue weighted by Crippen LogP contribution is 2.61. The van der Waals surface area contributed by atoms with Crippen LogP contribution < -0.4 is 0 Å². The van der Waals surface area contributed by atoms with Gasteiger partial charge in [-0.3, -0.25) is 4.18 Å². The second kappa shape index (κ2) is 6.02. The first kappa shape index (κ1) is 24.0. The molecular formula is C8H5F13O3S. The predicted octanol–water partition coefficient (Wildman–Crippen LogP) is 4.05. The van der Waals surface area contributed by atoms with Crippen molar-refractivity contribution in [1.29, 1.82) is 0 Å². The molecule has 25 heavy (non-hydrogen) atoms. The average molecular weight is 428 g/mol. The van der Waals surface area contributed by atoms with Gasteiger partial charge in [-0.15, -0.1) is 0 Å². The van der Waals surface area contributed by atoms with Crippen LogP contribution in [0.4, 0.5) is 57.1 Å². The maximum Gasteiger partial charge on any atom is 0.460 e. The normalized spacial score (nSPS) is 18.2. The molecule has 3 nitrogen and oxygen atoms in total. The lowest BCUT2D eigenvalue weighted by atomic mass is 9.99. The van der Waals surface area contributed by atoms with E-state index in [0.717, 1.165) is 0 Å². The Morgan fingerprint density at radius 3 is 1.24 bits per heavy atom. The summed E-state index contributed by atoms with van der Waals surface area (Å²) in [6.45, 7) is -1.13. The van der Waals surface area contributed by atoms with Crippen LogP contribution >= 0.6 is 0 Å². The predicted molar refractivity (Wildman–Crippen MR) is 51.3 cm³/mol. The molecule has 0 aliphatic carbocycles. The van der Waals surface area contributed by atoms with Gasteiger partial charge in [0.2, 0.25) is 0 Å². The molecule has 0 saturated heterocycles. The van der Waals surface area contributed by atoms with Gasteiger partial charge in [-0.25, -0.2) is 4.39 Å². The summed E-state index contributed by atoms with van der Waals surface area (Å²) in [6.07, 6.45) is -15.2. The van der Waals surface area contributed by atoms with E-state index in [1.54, 1.807) is 0 Å². The molecule has 1 atom stereocenters. The summed E-state index contributed by atoms with van der Waals surface area (Å²) in [5.41, 5.74) is 0. The smallest absolute Gasteiger partial charge is 0.267 e. The molecule has 0 bridgehead atoms. The molecular weight excluding hydrogens is 423 g/mol. The molecule has 0 amide bonds. The SMILES string of the molecule is CCOS(=O)(=O)C(F)(C(F)(F)F)C(F)(F)C(F)(F)C(F)(F)C(F)(F)F. The highest BCUT2D eigenvalue weighted by Gasteiger charge is 2.94. The van der Waals surface area contributed by atoms with E-state index >= 15 is 0 Å². The van der Waals surface area contributed by atoms with Crippen molar-refractivity contribution in [3.63, 3.8) is 0 Å². The van der Waals surface area contributed by atoms with Crippen molar-refractivity contribution >= 4 is 10.1 Å². The first-order valence-electron chi connectivity index (χ1n) is 5.41. The maximum absolute atomic E-state index is 13.7. The third kappa shape index (κ3) is 3.12. The van der Waals surface area contributed by atoms with Gasteiger partial charge in [0.25, 0.3) is 0 Å². The summed E-state index contributed by atoms with van der Waals surface area (Å²) in [5.74, 6) is -24.3. The Hall–Kier alpha value is -1.00. The monoisotopic (exact) mass is 428 g/mol. The molecule has 0 aliphatic rings. The van der Waals surface area contributed by atoms with Gasteiger partial charge in [-0.1, -0.05) is 0 Å². The standard InChI is InChI=1S/C8H5F13O3S/c1-2-24-25(22,23)6(15,8(19,20)21)4(11,12)3(9,10)5(13,14)7(16,17)18/h2H2,1H3. The van der Waals surface area contributed by atoms with Crippen molar-refractivity contribution < 1.29 is 69.7 Å². The van der Waals surface area contributed by atoms with Crippen LogP contribution in [0.15, 0.2) is 0 Å². The maximum atomic E-state index is 13.7. The Morgan fingerprint density at radius 1 is 0.640 bits per heavy atom. The molecule has 0 spiro atoms. The van der Waals surface area contributed by atoms with Crippen LogP contribution in [0.1, 0.15) is 6.92 Å². The van der Waals surface area contributed by atoms with Crippen LogP contribution in [0.25, 0.3) is 0 Å². The first-order chi connectivity index (χ1) is 10.6. The van der Waals surface area contributed by atoms with Crippen LogP contribution in [0, 0.1) is 0 Å². The zero-order valence-corrected chi connectivity index (χ0v) is 12.1. The number of halogens is 13. The summed E-state index contributed by atoms with van der Waals surface area (Å²) in [6, 6.07) is 0. The third-order valence-corrected chi connectivity index (χ3v) is 4.25. The minimum atomic E-state index is -8.17. The number of hydrogen-bond donors (Lipinski definition) is 0.